The topological polar surface area (TPSA) is 98.2 Å². The predicted molar refractivity (Wildman–Crippen MR) is 73.9 cm³/mol. The maximum absolute atomic E-state index is 11.3. The molecule has 2 aromatic rings. The summed E-state index contributed by atoms with van der Waals surface area (Å²) in [5.41, 5.74) is 6.50. The van der Waals surface area contributed by atoms with Crippen LogP contribution in [0.5, 0.6) is 0 Å². The van der Waals surface area contributed by atoms with E-state index >= 15 is 0 Å². The molecule has 0 saturated heterocycles. The zero-order valence-electron chi connectivity index (χ0n) is 9.46. The van der Waals surface area contributed by atoms with E-state index in [9.17, 15) is 8.42 Å². The lowest BCUT2D eigenvalue weighted by Gasteiger charge is -2.11. The quantitative estimate of drug-likeness (QED) is 0.742. The summed E-state index contributed by atoms with van der Waals surface area (Å²) in [6.45, 7) is 0.593. The number of hydrogen-bond donors (Lipinski definition) is 3. The average molecular weight is 283 g/mol. The first-order valence-corrected chi connectivity index (χ1v) is 7.58. The summed E-state index contributed by atoms with van der Waals surface area (Å²) in [4.78, 5) is 1.08. The lowest BCUT2D eigenvalue weighted by molar-refractivity contribution is 0.598. The highest BCUT2D eigenvalue weighted by atomic mass is 32.2. The first-order chi connectivity index (χ1) is 8.48. The van der Waals surface area contributed by atoms with Crippen LogP contribution < -0.4 is 16.2 Å². The third-order valence-electron chi connectivity index (χ3n) is 2.41. The maximum atomic E-state index is 11.3. The minimum atomic E-state index is -3.79. The second-order valence-electron chi connectivity index (χ2n) is 3.70. The van der Waals surface area contributed by atoms with Crippen LogP contribution in [0, 0.1) is 0 Å². The van der Waals surface area contributed by atoms with Gasteiger partial charge in [-0.2, -0.15) is 0 Å². The van der Waals surface area contributed by atoms with Crippen LogP contribution in [0.15, 0.2) is 40.6 Å². The molecule has 96 valence electrons. The van der Waals surface area contributed by atoms with Gasteiger partial charge in [-0.3, -0.25) is 0 Å². The van der Waals surface area contributed by atoms with E-state index in [1.165, 1.54) is 6.07 Å². The average Bonchev–Trinajstić information content (AvgIpc) is 2.79. The number of sulfonamides is 1. The minimum absolute atomic E-state index is 0.0568. The van der Waals surface area contributed by atoms with Gasteiger partial charge in [-0.25, -0.2) is 13.6 Å². The Balaban J connectivity index is 2.24. The number of para-hydroxylation sites is 1. The fraction of sp³-hybridized carbons (Fsp3) is 0.0909. The summed E-state index contributed by atoms with van der Waals surface area (Å²) in [7, 11) is -3.79. The van der Waals surface area contributed by atoms with E-state index in [2.05, 4.69) is 5.32 Å². The second kappa shape index (κ2) is 4.97. The van der Waals surface area contributed by atoms with Gasteiger partial charge in [0.15, 0.2) is 0 Å². The molecule has 0 bridgehead atoms. The van der Waals surface area contributed by atoms with Crippen LogP contribution in [-0.4, -0.2) is 8.42 Å². The molecule has 0 saturated carbocycles. The molecule has 0 spiro atoms. The Morgan fingerprint density at radius 3 is 2.61 bits per heavy atom. The number of hydrogen-bond acceptors (Lipinski definition) is 5. The summed E-state index contributed by atoms with van der Waals surface area (Å²) in [6, 6.07) is 8.65. The molecule has 0 aliphatic heterocycles. The van der Waals surface area contributed by atoms with Crippen LogP contribution in [0.4, 0.5) is 11.4 Å². The zero-order valence-corrected chi connectivity index (χ0v) is 11.1. The van der Waals surface area contributed by atoms with Crippen molar-refractivity contribution in [2.24, 2.45) is 5.14 Å². The number of primary sulfonamides is 1. The second-order valence-corrected chi connectivity index (χ2v) is 6.26. The van der Waals surface area contributed by atoms with Crippen molar-refractivity contribution in [3.05, 3.63) is 40.6 Å². The number of anilines is 2. The van der Waals surface area contributed by atoms with Gasteiger partial charge < -0.3 is 11.1 Å². The molecule has 5 nitrogen and oxygen atoms in total. The third kappa shape index (κ3) is 2.81. The maximum Gasteiger partial charge on any atom is 0.240 e. The minimum Gasteiger partial charge on any atom is -0.396 e. The van der Waals surface area contributed by atoms with Crippen molar-refractivity contribution < 1.29 is 8.42 Å². The SMILES string of the molecule is Nc1c(NCc2cccs2)cccc1S(N)(=O)=O. The Labute approximate surface area is 109 Å². The molecule has 0 amide bonds. The Morgan fingerprint density at radius 1 is 1.22 bits per heavy atom. The molecule has 0 unspecified atom stereocenters. The van der Waals surface area contributed by atoms with Gasteiger partial charge in [0, 0.05) is 11.4 Å². The van der Waals surface area contributed by atoms with E-state index in [0.717, 1.165) is 4.88 Å². The van der Waals surface area contributed by atoms with Gasteiger partial charge >= 0.3 is 0 Å². The van der Waals surface area contributed by atoms with Crippen molar-refractivity contribution in [3.63, 3.8) is 0 Å². The van der Waals surface area contributed by atoms with E-state index in [0.29, 0.717) is 12.2 Å². The van der Waals surface area contributed by atoms with Crippen molar-refractivity contribution in [2.45, 2.75) is 11.4 Å². The summed E-state index contributed by atoms with van der Waals surface area (Å²) in [5.74, 6) is 0. The monoisotopic (exact) mass is 283 g/mol. The van der Waals surface area contributed by atoms with Crippen molar-refractivity contribution in [1.82, 2.24) is 0 Å². The van der Waals surface area contributed by atoms with Gasteiger partial charge in [0.2, 0.25) is 10.0 Å². The van der Waals surface area contributed by atoms with Crippen molar-refractivity contribution >= 4 is 32.7 Å². The van der Waals surface area contributed by atoms with Crippen LogP contribution in [-0.2, 0) is 16.6 Å². The Bertz CT molecular complexity index is 636. The number of benzene rings is 1. The van der Waals surface area contributed by atoms with Gasteiger partial charge in [0.1, 0.15) is 4.90 Å². The molecule has 18 heavy (non-hydrogen) atoms. The first kappa shape index (κ1) is 12.9. The van der Waals surface area contributed by atoms with Crippen LogP contribution in [0.25, 0.3) is 0 Å². The molecule has 0 fully saturated rings. The summed E-state index contributed by atoms with van der Waals surface area (Å²) in [5, 5.41) is 10.2. The third-order valence-corrected chi connectivity index (χ3v) is 4.25. The number of thiophene rings is 1. The summed E-state index contributed by atoms with van der Waals surface area (Å²) in [6.07, 6.45) is 0. The van der Waals surface area contributed by atoms with Gasteiger partial charge in [-0.15, -0.1) is 11.3 Å². The number of nitrogens with one attached hydrogen (secondary N) is 1. The van der Waals surface area contributed by atoms with Crippen LogP contribution in [0.1, 0.15) is 4.88 Å². The highest BCUT2D eigenvalue weighted by Gasteiger charge is 2.14. The molecular formula is C11H13N3O2S2. The number of nitrogen functional groups attached to an aromatic ring is 1. The predicted octanol–water partition coefficient (Wildman–Crippen LogP) is 1.59. The van der Waals surface area contributed by atoms with Crippen molar-refractivity contribution in [3.8, 4) is 0 Å². The normalized spacial score (nSPS) is 11.4. The van der Waals surface area contributed by atoms with E-state index < -0.39 is 10.0 Å². The number of nitrogens with two attached hydrogens (primary N) is 2. The highest BCUT2D eigenvalue weighted by Crippen LogP contribution is 2.26. The molecule has 1 aromatic heterocycles. The molecule has 0 radical (unpaired) electrons. The lowest BCUT2D eigenvalue weighted by Crippen LogP contribution is -2.15. The Hall–Kier alpha value is -1.57. The fourth-order valence-electron chi connectivity index (χ4n) is 1.54. The molecule has 0 aliphatic carbocycles. The zero-order chi connectivity index (χ0) is 13.2. The molecular weight excluding hydrogens is 270 g/mol. The van der Waals surface area contributed by atoms with Crippen LogP contribution in [0.2, 0.25) is 0 Å². The van der Waals surface area contributed by atoms with Crippen LogP contribution >= 0.6 is 11.3 Å². The molecule has 2 rings (SSSR count). The summed E-state index contributed by atoms with van der Waals surface area (Å²) < 4.78 is 22.6. The molecule has 0 atom stereocenters. The largest absolute Gasteiger partial charge is 0.396 e. The van der Waals surface area contributed by atoms with Gasteiger partial charge in [-0.1, -0.05) is 12.1 Å². The van der Waals surface area contributed by atoms with Crippen molar-refractivity contribution in [1.29, 1.82) is 0 Å². The lowest BCUT2D eigenvalue weighted by atomic mass is 10.2. The van der Waals surface area contributed by atoms with Crippen LogP contribution in [0.3, 0.4) is 0 Å². The molecule has 1 heterocycles. The molecule has 1 aromatic carbocycles. The van der Waals surface area contributed by atoms with E-state index in [4.69, 9.17) is 10.9 Å². The smallest absolute Gasteiger partial charge is 0.240 e. The molecule has 5 N–H and O–H groups in total. The standard InChI is InChI=1S/C11H13N3O2S2/c12-11-9(14-7-8-3-2-6-17-8)4-1-5-10(11)18(13,15)16/h1-6,14H,7,12H2,(H2,13,15,16). The Kier molecular flexibility index (Phi) is 3.55. The van der Waals surface area contributed by atoms with Gasteiger partial charge in [0.05, 0.1) is 11.4 Å². The molecule has 0 aliphatic rings. The van der Waals surface area contributed by atoms with Crippen molar-refractivity contribution in [2.75, 3.05) is 11.1 Å². The first-order valence-electron chi connectivity index (χ1n) is 5.16. The number of rotatable bonds is 4. The molecule has 7 heteroatoms. The van der Waals surface area contributed by atoms with Gasteiger partial charge in [-0.05, 0) is 23.6 Å². The van der Waals surface area contributed by atoms with E-state index in [-0.39, 0.29) is 10.6 Å². The Morgan fingerprint density at radius 2 is 2.00 bits per heavy atom. The van der Waals surface area contributed by atoms with E-state index in [1.54, 1.807) is 23.5 Å². The summed E-state index contributed by atoms with van der Waals surface area (Å²) >= 11 is 1.61. The highest BCUT2D eigenvalue weighted by molar-refractivity contribution is 7.89. The van der Waals surface area contributed by atoms with Gasteiger partial charge in [0.25, 0.3) is 0 Å². The van der Waals surface area contributed by atoms with E-state index in [1.807, 2.05) is 17.5 Å². The fourth-order valence-corrected chi connectivity index (χ4v) is 2.87.